The van der Waals surface area contributed by atoms with Crippen molar-refractivity contribution in [3.05, 3.63) is 54.1 Å². The van der Waals surface area contributed by atoms with E-state index in [4.69, 9.17) is 9.47 Å². The maximum Gasteiger partial charge on any atom is 0.282 e. The zero-order valence-electron chi connectivity index (χ0n) is 18.6. The van der Waals surface area contributed by atoms with Crippen molar-refractivity contribution in [3.63, 3.8) is 0 Å². The molecule has 31 heavy (non-hydrogen) atoms. The van der Waals surface area contributed by atoms with Crippen LogP contribution in [0.5, 0.6) is 11.5 Å². The molecule has 3 rings (SSSR count). The number of ether oxygens (including phenoxy) is 2. The number of hydrogen-bond acceptors (Lipinski definition) is 4. The number of amides is 1. The molecule has 7 nitrogen and oxygen atoms in total. The number of carbonyl (C=O) groups is 2. The van der Waals surface area contributed by atoms with Gasteiger partial charge in [-0.3, -0.25) is 9.59 Å². The van der Waals surface area contributed by atoms with E-state index in [1.807, 2.05) is 37.3 Å². The molecule has 1 aliphatic rings. The summed E-state index contributed by atoms with van der Waals surface area (Å²) in [6.07, 6.45) is 0. The molecule has 0 unspecified atom stereocenters. The quantitative estimate of drug-likeness (QED) is 0.496. The van der Waals surface area contributed by atoms with Gasteiger partial charge in [0.05, 0.1) is 7.11 Å². The summed E-state index contributed by atoms with van der Waals surface area (Å²) in [5, 5.41) is 2.96. The van der Waals surface area contributed by atoms with E-state index >= 15 is 0 Å². The van der Waals surface area contributed by atoms with Crippen LogP contribution < -0.4 is 24.6 Å². The van der Waals surface area contributed by atoms with Crippen LogP contribution in [0.1, 0.15) is 24.2 Å². The van der Waals surface area contributed by atoms with E-state index in [-0.39, 0.29) is 17.7 Å². The first-order valence-electron chi connectivity index (χ1n) is 10.8. The summed E-state index contributed by atoms with van der Waals surface area (Å²) in [4.78, 5) is 27.0. The van der Waals surface area contributed by atoms with E-state index in [1.165, 1.54) is 16.7 Å². The van der Waals surface area contributed by atoms with Crippen LogP contribution >= 0.6 is 0 Å². The fraction of sp³-hybridized carbons (Fsp3) is 0.417. The minimum absolute atomic E-state index is 0.00941. The Labute approximate surface area is 183 Å². The highest BCUT2D eigenvalue weighted by molar-refractivity contribution is 5.97. The molecule has 0 saturated carbocycles. The lowest BCUT2D eigenvalue weighted by atomic mass is 10.1. The molecular weight excluding hydrogens is 394 g/mol. The third kappa shape index (κ3) is 6.54. The van der Waals surface area contributed by atoms with Crippen LogP contribution in [-0.4, -0.2) is 64.2 Å². The number of rotatable bonds is 9. The van der Waals surface area contributed by atoms with Gasteiger partial charge in [-0.1, -0.05) is 12.1 Å². The van der Waals surface area contributed by atoms with E-state index in [2.05, 4.69) is 5.32 Å². The summed E-state index contributed by atoms with van der Waals surface area (Å²) >= 11 is 0. The zero-order valence-corrected chi connectivity index (χ0v) is 18.6. The van der Waals surface area contributed by atoms with Gasteiger partial charge < -0.3 is 24.6 Å². The second kappa shape index (κ2) is 10.9. The minimum Gasteiger partial charge on any atom is -0.497 e. The Morgan fingerprint density at radius 1 is 1.03 bits per heavy atom. The summed E-state index contributed by atoms with van der Waals surface area (Å²) in [6, 6.07) is 14.6. The van der Waals surface area contributed by atoms with E-state index in [0.29, 0.717) is 17.9 Å². The van der Waals surface area contributed by atoms with Crippen molar-refractivity contribution in [2.24, 2.45) is 0 Å². The SMILES string of the molecule is COc1ccc(OCC[NH+]2CC[NH+]([C@@H](C)C(=O)Nc3cccc(C(C)=O)c3)CC2)cc1. The predicted octanol–water partition coefficient (Wildman–Crippen LogP) is 0.0872. The minimum atomic E-state index is -0.141. The molecule has 1 fully saturated rings. The number of methoxy groups -OCH3 is 1. The van der Waals surface area contributed by atoms with E-state index in [9.17, 15) is 9.59 Å². The normalized spacial score (nSPS) is 19.3. The Hall–Kier alpha value is -2.90. The summed E-state index contributed by atoms with van der Waals surface area (Å²) < 4.78 is 11.0. The largest absolute Gasteiger partial charge is 0.497 e. The molecule has 0 aliphatic carbocycles. The number of quaternary nitrogens is 2. The average Bonchev–Trinajstić information content (AvgIpc) is 2.79. The number of carbonyl (C=O) groups excluding carboxylic acids is 2. The number of hydrogen-bond donors (Lipinski definition) is 3. The van der Waals surface area contributed by atoms with Crippen LogP contribution in [0.4, 0.5) is 5.69 Å². The van der Waals surface area contributed by atoms with Gasteiger partial charge in [0.1, 0.15) is 50.8 Å². The monoisotopic (exact) mass is 427 g/mol. The van der Waals surface area contributed by atoms with Gasteiger partial charge in [-0.25, -0.2) is 0 Å². The molecule has 0 radical (unpaired) electrons. The van der Waals surface area contributed by atoms with Crippen LogP contribution in [0, 0.1) is 0 Å². The van der Waals surface area contributed by atoms with Gasteiger partial charge >= 0.3 is 0 Å². The van der Waals surface area contributed by atoms with Gasteiger partial charge in [0.2, 0.25) is 0 Å². The molecule has 0 aromatic heterocycles. The van der Waals surface area contributed by atoms with Gasteiger partial charge in [-0.05, 0) is 50.2 Å². The molecule has 166 valence electrons. The molecule has 3 N–H and O–H groups in total. The Morgan fingerprint density at radius 2 is 1.71 bits per heavy atom. The summed E-state index contributed by atoms with van der Waals surface area (Å²) in [7, 11) is 1.65. The fourth-order valence-electron chi connectivity index (χ4n) is 3.84. The third-order valence-electron chi connectivity index (χ3n) is 5.93. The Kier molecular flexibility index (Phi) is 8.03. The second-order valence-corrected chi connectivity index (χ2v) is 8.03. The molecular formula is C24H33N3O4+2. The summed E-state index contributed by atoms with van der Waals surface area (Å²) in [5.41, 5.74) is 1.27. The van der Waals surface area contributed by atoms with Gasteiger partial charge in [-0.15, -0.1) is 0 Å². The van der Waals surface area contributed by atoms with Crippen molar-refractivity contribution in [3.8, 4) is 11.5 Å². The molecule has 2 aromatic carbocycles. The average molecular weight is 428 g/mol. The smallest absolute Gasteiger partial charge is 0.282 e. The lowest BCUT2D eigenvalue weighted by Gasteiger charge is -2.32. The van der Waals surface area contributed by atoms with E-state index < -0.39 is 0 Å². The molecule has 0 spiro atoms. The van der Waals surface area contributed by atoms with E-state index in [1.54, 1.807) is 25.3 Å². The molecule has 1 saturated heterocycles. The fourth-order valence-corrected chi connectivity index (χ4v) is 3.84. The van der Waals surface area contributed by atoms with Crippen molar-refractivity contribution in [1.29, 1.82) is 0 Å². The van der Waals surface area contributed by atoms with Gasteiger partial charge in [0.25, 0.3) is 5.91 Å². The number of nitrogens with one attached hydrogen (secondary N) is 3. The highest BCUT2D eigenvalue weighted by Gasteiger charge is 2.31. The second-order valence-electron chi connectivity index (χ2n) is 8.03. The molecule has 2 aromatic rings. The molecule has 1 heterocycles. The van der Waals surface area contributed by atoms with Crippen molar-refractivity contribution < 1.29 is 28.9 Å². The molecule has 7 heteroatoms. The summed E-state index contributed by atoms with van der Waals surface area (Å²) in [5.74, 6) is 1.65. The van der Waals surface area contributed by atoms with Gasteiger partial charge in [0, 0.05) is 11.3 Å². The number of benzene rings is 2. The Morgan fingerprint density at radius 3 is 2.35 bits per heavy atom. The summed E-state index contributed by atoms with van der Waals surface area (Å²) in [6.45, 7) is 9.02. The lowest BCUT2D eigenvalue weighted by Crippen LogP contribution is -3.30. The number of anilines is 1. The third-order valence-corrected chi connectivity index (χ3v) is 5.93. The van der Waals surface area contributed by atoms with Gasteiger partial charge in [0.15, 0.2) is 11.8 Å². The van der Waals surface area contributed by atoms with E-state index in [0.717, 1.165) is 44.2 Å². The first-order valence-corrected chi connectivity index (χ1v) is 10.8. The predicted molar refractivity (Wildman–Crippen MR) is 119 cm³/mol. The molecule has 0 bridgehead atoms. The first-order chi connectivity index (χ1) is 15.0. The van der Waals surface area contributed by atoms with Crippen molar-refractivity contribution in [1.82, 2.24) is 0 Å². The maximum absolute atomic E-state index is 12.7. The van der Waals surface area contributed by atoms with Crippen molar-refractivity contribution >= 4 is 17.4 Å². The molecule has 1 amide bonds. The highest BCUT2D eigenvalue weighted by Crippen LogP contribution is 2.16. The Balaban J connectivity index is 1.40. The van der Waals surface area contributed by atoms with Crippen LogP contribution in [0.2, 0.25) is 0 Å². The Bertz CT molecular complexity index is 877. The maximum atomic E-state index is 12.7. The topological polar surface area (TPSA) is 73.5 Å². The molecule has 1 atom stereocenters. The lowest BCUT2D eigenvalue weighted by molar-refractivity contribution is -1.02. The van der Waals surface area contributed by atoms with Crippen LogP contribution in [-0.2, 0) is 4.79 Å². The van der Waals surface area contributed by atoms with Crippen LogP contribution in [0.15, 0.2) is 48.5 Å². The van der Waals surface area contributed by atoms with Crippen LogP contribution in [0.3, 0.4) is 0 Å². The molecule has 1 aliphatic heterocycles. The zero-order chi connectivity index (χ0) is 22.2. The van der Waals surface area contributed by atoms with Crippen molar-refractivity contribution in [2.45, 2.75) is 19.9 Å². The van der Waals surface area contributed by atoms with Crippen LogP contribution in [0.25, 0.3) is 0 Å². The van der Waals surface area contributed by atoms with Gasteiger partial charge in [-0.2, -0.15) is 0 Å². The number of ketones is 1. The number of piperazine rings is 1. The first kappa shape index (κ1) is 22.8. The highest BCUT2D eigenvalue weighted by atomic mass is 16.5. The number of Topliss-reactive ketones (excluding diaryl/α,β-unsaturated/α-hetero) is 1. The standard InChI is InChI=1S/C24H31N3O4/c1-18(24(29)25-21-6-4-5-20(17-21)19(2)28)27-13-11-26(12-14-27)15-16-31-23-9-7-22(30-3)8-10-23/h4-10,17-18H,11-16H2,1-3H3,(H,25,29)/p+2/t18-/m0/s1. The van der Waals surface area contributed by atoms with Crippen molar-refractivity contribution in [2.75, 3.05) is 51.8 Å².